The summed E-state index contributed by atoms with van der Waals surface area (Å²) in [6.07, 6.45) is 2.77. The highest BCUT2D eigenvalue weighted by molar-refractivity contribution is 5.73. The minimum Gasteiger partial charge on any atom is -0.480 e. The van der Waals surface area contributed by atoms with E-state index in [9.17, 15) is 4.79 Å². The van der Waals surface area contributed by atoms with E-state index in [0.717, 1.165) is 12.8 Å². The van der Waals surface area contributed by atoms with Crippen LogP contribution >= 0.6 is 0 Å². The molecule has 1 aliphatic rings. The van der Waals surface area contributed by atoms with Gasteiger partial charge in [-0.05, 0) is 24.7 Å². The van der Waals surface area contributed by atoms with Crippen molar-refractivity contribution in [3.8, 4) is 6.07 Å². The SMILES string of the molecule is N#CCC1(C[C@@H](N)C(=O)O)CC1. The van der Waals surface area contributed by atoms with Gasteiger partial charge in [-0.1, -0.05) is 0 Å². The van der Waals surface area contributed by atoms with Crippen molar-refractivity contribution in [3.63, 3.8) is 0 Å². The van der Waals surface area contributed by atoms with Gasteiger partial charge < -0.3 is 10.8 Å². The highest BCUT2D eigenvalue weighted by Crippen LogP contribution is 2.52. The second-order valence-electron chi connectivity index (χ2n) is 3.48. The third kappa shape index (κ3) is 1.95. The molecule has 0 aliphatic heterocycles. The summed E-state index contributed by atoms with van der Waals surface area (Å²) in [5.41, 5.74) is 5.30. The van der Waals surface area contributed by atoms with Gasteiger partial charge >= 0.3 is 5.97 Å². The molecule has 0 bridgehead atoms. The second kappa shape index (κ2) is 3.11. The van der Waals surface area contributed by atoms with Crippen LogP contribution in [0.5, 0.6) is 0 Å². The van der Waals surface area contributed by atoms with Gasteiger partial charge in [-0.25, -0.2) is 0 Å². The first kappa shape index (κ1) is 9.01. The number of carboxylic acids is 1. The fourth-order valence-corrected chi connectivity index (χ4v) is 1.35. The van der Waals surface area contributed by atoms with E-state index in [1.54, 1.807) is 0 Å². The van der Waals surface area contributed by atoms with E-state index in [0.29, 0.717) is 12.8 Å². The lowest BCUT2D eigenvalue weighted by Crippen LogP contribution is -2.32. The largest absolute Gasteiger partial charge is 0.480 e. The second-order valence-corrected chi connectivity index (χ2v) is 3.48. The van der Waals surface area contributed by atoms with Crippen LogP contribution in [0.4, 0.5) is 0 Å². The normalized spacial score (nSPS) is 21.0. The van der Waals surface area contributed by atoms with E-state index < -0.39 is 12.0 Å². The molecule has 12 heavy (non-hydrogen) atoms. The minimum absolute atomic E-state index is 0.0629. The standard InChI is InChI=1S/C8H12N2O2/c9-4-3-8(1-2-8)5-6(10)7(11)12/h6H,1-3,5,10H2,(H,11,12)/t6-/m1/s1. The monoisotopic (exact) mass is 168 g/mol. The lowest BCUT2D eigenvalue weighted by Gasteiger charge is -2.13. The molecule has 0 aromatic heterocycles. The molecule has 0 saturated heterocycles. The van der Waals surface area contributed by atoms with Crippen LogP contribution in [0.15, 0.2) is 0 Å². The van der Waals surface area contributed by atoms with Crippen molar-refractivity contribution >= 4 is 5.97 Å². The first-order valence-corrected chi connectivity index (χ1v) is 3.95. The Hall–Kier alpha value is -1.08. The Morgan fingerprint density at radius 1 is 1.75 bits per heavy atom. The molecule has 0 spiro atoms. The average molecular weight is 168 g/mol. The van der Waals surface area contributed by atoms with Crippen LogP contribution in [-0.2, 0) is 4.79 Å². The van der Waals surface area contributed by atoms with Crippen LogP contribution in [0.25, 0.3) is 0 Å². The molecule has 0 aromatic rings. The first-order valence-electron chi connectivity index (χ1n) is 3.95. The maximum Gasteiger partial charge on any atom is 0.320 e. The lowest BCUT2D eigenvalue weighted by atomic mass is 9.94. The molecule has 1 atom stereocenters. The molecule has 4 heteroatoms. The quantitative estimate of drug-likeness (QED) is 0.639. The fourth-order valence-electron chi connectivity index (χ4n) is 1.35. The van der Waals surface area contributed by atoms with E-state index in [4.69, 9.17) is 16.1 Å². The molecule has 1 fully saturated rings. The lowest BCUT2D eigenvalue weighted by molar-refractivity contribution is -0.139. The number of carbonyl (C=O) groups is 1. The zero-order chi connectivity index (χ0) is 9.19. The zero-order valence-corrected chi connectivity index (χ0v) is 6.79. The number of nitrogens with two attached hydrogens (primary N) is 1. The van der Waals surface area contributed by atoms with Gasteiger partial charge in [0, 0.05) is 6.42 Å². The maximum absolute atomic E-state index is 10.4. The van der Waals surface area contributed by atoms with Crippen molar-refractivity contribution in [2.24, 2.45) is 11.1 Å². The van der Waals surface area contributed by atoms with Crippen LogP contribution in [0, 0.1) is 16.7 Å². The van der Waals surface area contributed by atoms with Gasteiger partial charge in [-0.2, -0.15) is 5.26 Å². The summed E-state index contributed by atoms with van der Waals surface area (Å²) < 4.78 is 0. The number of carboxylic acid groups (broad SMARTS) is 1. The summed E-state index contributed by atoms with van der Waals surface area (Å²) in [5, 5.41) is 17.0. The summed E-state index contributed by atoms with van der Waals surface area (Å²) in [7, 11) is 0. The molecule has 0 aromatic carbocycles. The predicted octanol–water partition coefficient (Wildman–Crippen LogP) is 0.482. The molecule has 3 N–H and O–H groups in total. The van der Waals surface area contributed by atoms with Gasteiger partial charge in [-0.15, -0.1) is 0 Å². The van der Waals surface area contributed by atoms with Gasteiger partial charge in [0.15, 0.2) is 0 Å². The Morgan fingerprint density at radius 2 is 2.33 bits per heavy atom. The molecule has 0 heterocycles. The highest BCUT2D eigenvalue weighted by atomic mass is 16.4. The third-order valence-corrected chi connectivity index (χ3v) is 2.38. The van der Waals surface area contributed by atoms with Crippen molar-refractivity contribution in [1.82, 2.24) is 0 Å². The minimum atomic E-state index is -0.973. The van der Waals surface area contributed by atoms with Crippen molar-refractivity contribution in [2.45, 2.75) is 31.7 Å². The van der Waals surface area contributed by atoms with Crippen LogP contribution in [0.1, 0.15) is 25.7 Å². The van der Waals surface area contributed by atoms with Crippen molar-refractivity contribution in [2.75, 3.05) is 0 Å². The molecular formula is C8H12N2O2. The Morgan fingerprint density at radius 3 is 2.67 bits per heavy atom. The van der Waals surface area contributed by atoms with E-state index in [2.05, 4.69) is 6.07 Å². The van der Waals surface area contributed by atoms with Crippen LogP contribution in [0.3, 0.4) is 0 Å². The highest BCUT2D eigenvalue weighted by Gasteiger charge is 2.44. The average Bonchev–Trinajstić information content (AvgIpc) is 2.69. The summed E-state index contributed by atoms with van der Waals surface area (Å²) in [6.45, 7) is 0. The number of hydrogen-bond donors (Lipinski definition) is 2. The van der Waals surface area contributed by atoms with E-state index in [1.807, 2.05) is 0 Å². The molecule has 0 amide bonds. The molecule has 1 rings (SSSR count). The molecule has 66 valence electrons. The van der Waals surface area contributed by atoms with Crippen LogP contribution < -0.4 is 5.73 Å². The maximum atomic E-state index is 10.4. The van der Waals surface area contributed by atoms with Gasteiger partial charge in [0.05, 0.1) is 6.07 Å². The Kier molecular flexibility index (Phi) is 2.34. The van der Waals surface area contributed by atoms with Gasteiger partial charge in [0.1, 0.15) is 6.04 Å². The van der Waals surface area contributed by atoms with Crippen molar-refractivity contribution in [1.29, 1.82) is 5.26 Å². The smallest absolute Gasteiger partial charge is 0.320 e. The van der Waals surface area contributed by atoms with E-state index in [1.165, 1.54) is 0 Å². The number of nitrogens with zero attached hydrogens (tertiary/aromatic N) is 1. The van der Waals surface area contributed by atoms with Crippen LogP contribution in [-0.4, -0.2) is 17.1 Å². The first-order chi connectivity index (χ1) is 5.59. The van der Waals surface area contributed by atoms with Crippen molar-refractivity contribution in [3.05, 3.63) is 0 Å². The molecule has 1 aliphatic carbocycles. The summed E-state index contributed by atoms with van der Waals surface area (Å²) in [6, 6.07) is 1.26. The summed E-state index contributed by atoms with van der Waals surface area (Å²) in [4.78, 5) is 10.4. The molecule has 1 saturated carbocycles. The molecular weight excluding hydrogens is 156 g/mol. The summed E-state index contributed by atoms with van der Waals surface area (Å²) in [5.74, 6) is -0.973. The predicted molar refractivity (Wildman–Crippen MR) is 42.1 cm³/mol. The summed E-state index contributed by atoms with van der Waals surface area (Å²) >= 11 is 0. The number of hydrogen-bond acceptors (Lipinski definition) is 3. The van der Waals surface area contributed by atoms with Crippen molar-refractivity contribution < 1.29 is 9.90 Å². The van der Waals surface area contributed by atoms with E-state index in [-0.39, 0.29) is 5.41 Å². The third-order valence-electron chi connectivity index (χ3n) is 2.38. The Labute approximate surface area is 71.0 Å². The topological polar surface area (TPSA) is 87.1 Å². The number of rotatable bonds is 4. The van der Waals surface area contributed by atoms with Gasteiger partial charge in [-0.3, -0.25) is 4.79 Å². The van der Waals surface area contributed by atoms with Gasteiger partial charge in [0.2, 0.25) is 0 Å². The molecule has 0 unspecified atom stereocenters. The molecule has 4 nitrogen and oxygen atoms in total. The zero-order valence-electron chi connectivity index (χ0n) is 6.79. The van der Waals surface area contributed by atoms with E-state index >= 15 is 0 Å². The number of nitriles is 1. The molecule has 0 radical (unpaired) electrons. The fraction of sp³-hybridized carbons (Fsp3) is 0.750. The Bertz CT molecular complexity index is 228. The van der Waals surface area contributed by atoms with Crippen LogP contribution in [0.2, 0.25) is 0 Å². The van der Waals surface area contributed by atoms with Gasteiger partial charge in [0.25, 0.3) is 0 Å². The number of aliphatic carboxylic acids is 1. The Balaban J connectivity index is 2.41.